The lowest BCUT2D eigenvalue weighted by Crippen LogP contribution is -3.18. The number of carbonyl (C=O) groups excluding carboxylic acids is 1. The Morgan fingerprint density at radius 2 is 2.27 bits per heavy atom. The molecule has 0 bridgehead atoms. The molecule has 15 heavy (non-hydrogen) atoms. The molecule has 1 fully saturated rings. The van der Waals surface area contributed by atoms with E-state index in [-0.39, 0.29) is 12.0 Å². The molecule has 0 aromatic carbocycles. The molecule has 0 amide bonds. The van der Waals surface area contributed by atoms with Crippen LogP contribution in [0.25, 0.3) is 0 Å². The van der Waals surface area contributed by atoms with Gasteiger partial charge in [0, 0.05) is 12.8 Å². The van der Waals surface area contributed by atoms with Crippen molar-refractivity contribution in [1.29, 1.82) is 0 Å². The summed E-state index contributed by atoms with van der Waals surface area (Å²) in [6.45, 7) is 4.55. The van der Waals surface area contributed by atoms with Crippen molar-refractivity contribution in [3.05, 3.63) is 0 Å². The number of hydrogen-bond acceptors (Lipinski definition) is 3. The molecule has 3 atom stereocenters. The monoisotopic (exact) mass is 216 g/mol. The summed E-state index contributed by atoms with van der Waals surface area (Å²) in [5.74, 6) is -1.13. The maximum Gasteiger partial charge on any atom is 0.364 e. The van der Waals surface area contributed by atoms with Crippen molar-refractivity contribution in [3.8, 4) is 0 Å². The Hall–Kier alpha value is -1.10. The highest BCUT2D eigenvalue weighted by Crippen LogP contribution is 2.02. The van der Waals surface area contributed by atoms with Gasteiger partial charge in [0.15, 0.2) is 12.1 Å². The van der Waals surface area contributed by atoms with Crippen molar-refractivity contribution in [2.75, 3.05) is 13.2 Å². The zero-order valence-corrected chi connectivity index (χ0v) is 9.16. The Kier molecular flexibility index (Phi) is 4.08. The Balaban J connectivity index is 2.61. The number of ether oxygens (including phenoxy) is 1. The second kappa shape index (κ2) is 5.11. The van der Waals surface area contributed by atoms with Crippen molar-refractivity contribution >= 4 is 11.9 Å². The van der Waals surface area contributed by atoms with Gasteiger partial charge in [-0.1, -0.05) is 0 Å². The Morgan fingerprint density at radius 1 is 1.60 bits per heavy atom. The average Bonchev–Trinajstić information content (AvgIpc) is 2.65. The summed E-state index contributed by atoms with van der Waals surface area (Å²) in [4.78, 5) is 23.2. The number of aliphatic carboxylic acids is 1. The van der Waals surface area contributed by atoms with Gasteiger partial charge in [0.25, 0.3) is 0 Å². The summed E-state index contributed by atoms with van der Waals surface area (Å²) in [5, 5.41) is 8.97. The van der Waals surface area contributed by atoms with Crippen LogP contribution in [0.5, 0.6) is 0 Å². The molecule has 5 nitrogen and oxygen atoms in total. The van der Waals surface area contributed by atoms with Crippen molar-refractivity contribution in [2.24, 2.45) is 0 Å². The van der Waals surface area contributed by atoms with Gasteiger partial charge in [-0.15, -0.1) is 0 Å². The number of hydrogen-bond donors (Lipinski definition) is 2. The van der Waals surface area contributed by atoms with Crippen LogP contribution in [0.1, 0.15) is 26.7 Å². The molecular weight excluding hydrogens is 198 g/mol. The largest absolute Gasteiger partial charge is 0.477 e. The van der Waals surface area contributed by atoms with Crippen molar-refractivity contribution < 1.29 is 24.3 Å². The number of likely N-dealkylation sites (tertiary alicyclic amines) is 1. The summed E-state index contributed by atoms with van der Waals surface area (Å²) < 4.78 is 4.89. The normalized spacial score (nSPS) is 27.3. The predicted molar refractivity (Wildman–Crippen MR) is 52.6 cm³/mol. The molecule has 1 rings (SSSR count). The maximum absolute atomic E-state index is 11.5. The lowest BCUT2D eigenvalue weighted by atomic mass is 10.2. The number of carboxylic acids is 1. The minimum Gasteiger partial charge on any atom is -0.477 e. The standard InChI is InChI=1S/C10H17NO4/c1-3-15-10(14)7(2)11-6-4-5-8(11)9(12)13/h7-8H,3-6H2,1-2H3,(H,12,13)/p+1/t7-,8-/m0/s1. The molecule has 0 aliphatic carbocycles. The van der Waals surface area contributed by atoms with E-state index in [0.29, 0.717) is 13.0 Å². The fourth-order valence-electron chi connectivity index (χ4n) is 2.09. The summed E-state index contributed by atoms with van der Waals surface area (Å²) in [7, 11) is 0. The van der Waals surface area contributed by atoms with Gasteiger partial charge in [0.1, 0.15) is 0 Å². The zero-order chi connectivity index (χ0) is 11.4. The van der Waals surface area contributed by atoms with Gasteiger partial charge < -0.3 is 14.7 Å². The summed E-state index contributed by atoms with van der Waals surface area (Å²) in [5.41, 5.74) is 0. The lowest BCUT2D eigenvalue weighted by Gasteiger charge is -2.23. The third-order valence-corrected chi connectivity index (χ3v) is 2.90. The van der Waals surface area contributed by atoms with Crippen LogP contribution in [0.3, 0.4) is 0 Å². The first-order valence-electron chi connectivity index (χ1n) is 5.33. The molecule has 0 aromatic heterocycles. The van der Waals surface area contributed by atoms with Gasteiger partial charge in [-0.05, 0) is 13.8 Å². The number of nitrogens with one attached hydrogen (secondary N) is 1. The topological polar surface area (TPSA) is 68.0 Å². The SMILES string of the molecule is CCOC(=O)[C@H](C)[NH+]1CCC[C@H]1C(=O)O. The summed E-state index contributed by atoms with van der Waals surface area (Å²) in [6, 6.07) is -0.835. The molecule has 1 saturated heterocycles. The molecule has 2 N–H and O–H groups in total. The fourth-order valence-corrected chi connectivity index (χ4v) is 2.09. The molecule has 1 heterocycles. The van der Waals surface area contributed by atoms with Gasteiger partial charge in [-0.2, -0.15) is 0 Å². The maximum atomic E-state index is 11.5. The number of quaternary nitrogens is 1. The first-order chi connectivity index (χ1) is 7.07. The van der Waals surface area contributed by atoms with Crippen LogP contribution in [0.4, 0.5) is 0 Å². The van der Waals surface area contributed by atoms with E-state index in [2.05, 4.69) is 0 Å². The van der Waals surface area contributed by atoms with E-state index >= 15 is 0 Å². The molecule has 1 unspecified atom stereocenters. The second-order valence-corrected chi connectivity index (χ2v) is 3.83. The van der Waals surface area contributed by atoms with Crippen LogP contribution in [0, 0.1) is 0 Å². The van der Waals surface area contributed by atoms with E-state index in [1.165, 1.54) is 0 Å². The fraction of sp³-hybridized carbons (Fsp3) is 0.800. The third kappa shape index (κ3) is 2.68. The zero-order valence-electron chi connectivity index (χ0n) is 9.16. The van der Waals surface area contributed by atoms with Gasteiger partial charge in [0.2, 0.25) is 0 Å². The minimum absolute atomic E-state index is 0.305. The van der Waals surface area contributed by atoms with Crippen molar-refractivity contribution in [2.45, 2.75) is 38.8 Å². The molecule has 86 valence electrons. The molecule has 0 spiro atoms. The second-order valence-electron chi connectivity index (χ2n) is 3.83. The molecule has 5 heteroatoms. The number of carbonyl (C=O) groups is 2. The van der Waals surface area contributed by atoms with Crippen LogP contribution in [-0.2, 0) is 14.3 Å². The first kappa shape index (κ1) is 12.0. The number of esters is 1. The summed E-state index contributed by atoms with van der Waals surface area (Å²) >= 11 is 0. The van der Waals surface area contributed by atoms with Crippen LogP contribution >= 0.6 is 0 Å². The van der Waals surface area contributed by atoms with E-state index in [0.717, 1.165) is 17.9 Å². The average molecular weight is 216 g/mol. The number of rotatable bonds is 4. The first-order valence-corrected chi connectivity index (χ1v) is 5.33. The molecule has 0 radical (unpaired) electrons. The lowest BCUT2D eigenvalue weighted by molar-refractivity contribution is -0.918. The highest BCUT2D eigenvalue weighted by atomic mass is 16.5. The minimum atomic E-state index is -0.821. The van der Waals surface area contributed by atoms with E-state index in [1.54, 1.807) is 13.8 Å². The molecular formula is C10H18NO4+. The third-order valence-electron chi connectivity index (χ3n) is 2.90. The van der Waals surface area contributed by atoms with E-state index in [9.17, 15) is 9.59 Å². The van der Waals surface area contributed by atoms with Gasteiger partial charge >= 0.3 is 11.9 Å². The quantitative estimate of drug-likeness (QED) is 0.596. The highest BCUT2D eigenvalue weighted by Gasteiger charge is 2.40. The Bertz CT molecular complexity index is 254. The van der Waals surface area contributed by atoms with Crippen LogP contribution in [0.15, 0.2) is 0 Å². The smallest absolute Gasteiger partial charge is 0.364 e. The van der Waals surface area contributed by atoms with Gasteiger partial charge in [0.05, 0.1) is 13.2 Å². The van der Waals surface area contributed by atoms with Crippen LogP contribution < -0.4 is 4.90 Å². The van der Waals surface area contributed by atoms with Gasteiger partial charge in [-0.25, -0.2) is 9.59 Å². The molecule has 1 aliphatic heterocycles. The molecule has 0 aromatic rings. The van der Waals surface area contributed by atoms with Crippen LogP contribution in [-0.4, -0.2) is 42.3 Å². The number of carboxylic acid groups (broad SMARTS) is 1. The van der Waals surface area contributed by atoms with Gasteiger partial charge in [-0.3, -0.25) is 0 Å². The molecule has 0 saturated carbocycles. The predicted octanol–water partition coefficient (Wildman–Crippen LogP) is -0.930. The molecule has 1 aliphatic rings. The van der Waals surface area contributed by atoms with Crippen molar-refractivity contribution in [1.82, 2.24) is 0 Å². The summed E-state index contributed by atoms with van der Waals surface area (Å²) in [6.07, 6.45) is 1.50. The van der Waals surface area contributed by atoms with Crippen LogP contribution in [0.2, 0.25) is 0 Å². The van der Waals surface area contributed by atoms with E-state index < -0.39 is 12.0 Å². The Labute approximate surface area is 89.0 Å². The van der Waals surface area contributed by atoms with Crippen molar-refractivity contribution in [3.63, 3.8) is 0 Å². The Morgan fingerprint density at radius 3 is 2.80 bits per heavy atom. The highest BCUT2D eigenvalue weighted by molar-refractivity contribution is 5.75. The van der Waals surface area contributed by atoms with E-state index in [1.807, 2.05) is 0 Å². The van der Waals surface area contributed by atoms with E-state index in [4.69, 9.17) is 9.84 Å².